The van der Waals surface area contributed by atoms with Crippen LogP contribution < -0.4 is 10.1 Å². The van der Waals surface area contributed by atoms with Gasteiger partial charge in [0.05, 0.1) is 11.8 Å². The van der Waals surface area contributed by atoms with Crippen molar-refractivity contribution in [2.24, 2.45) is 0 Å². The Hall–Kier alpha value is -2.59. The van der Waals surface area contributed by atoms with Crippen LogP contribution in [0.25, 0.3) is 6.08 Å². The first-order valence-electron chi connectivity index (χ1n) is 8.19. The van der Waals surface area contributed by atoms with Gasteiger partial charge in [0, 0.05) is 12.7 Å². The minimum atomic E-state index is -0.188. The third kappa shape index (κ3) is 4.70. The largest absolute Gasteiger partial charge is 0.489 e. The minimum Gasteiger partial charge on any atom is -0.489 e. The standard InChI is InChI=1S/C20H21NO3/c22-20(13-12-16-7-2-1-3-8-16)21-18-10-4-5-11-19(18)24-15-17-9-6-14-23-17/h1-5,7-8,10-13,17H,6,9,14-15H2,(H,21,22)/b13-12+. The highest BCUT2D eigenvalue weighted by Gasteiger charge is 2.16. The van der Waals surface area contributed by atoms with Gasteiger partial charge in [-0.25, -0.2) is 0 Å². The van der Waals surface area contributed by atoms with Crippen LogP contribution in [-0.4, -0.2) is 25.2 Å². The molecule has 1 atom stereocenters. The van der Waals surface area contributed by atoms with E-state index < -0.39 is 0 Å². The van der Waals surface area contributed by atoms with E-state index >= 15 is 0 Å². The number of nitrogens with one attached hydrogen (secondary N) is 1. The van der Waals surface area contributed by atoms with E-state index in [1.807, 2.05) is 54.6 Å². The van der Waals surface area contributed by atoms with Gasteiger partial charge in [0.1, 0.15) is 12.4 Å². The topological polar surface area (TPSA) is 47.6 Å². The average molecular weight is 323 g/mol. The molecule has 4 heteroatoms. The van der Waals surface area contributed by atoms with Crippen molar-refractivity contribution >= 4 is 17.7 Å². The molecular formula is C20H21NO3. The predicted octanol–water partition coefficient (Wildman–Crippen LogP) is 3.90. The number of anilines is 1. The van der Waals surface area contributed by atoms with E-state index in [1.165, 1.54) is 6.08 Å². The summed E-state index contributed by atoms with van der Waals surface area (Å²) in [6.07, 6.45) is 5.55. The molecule has 24 heavy (non-hydrogen) atoms. The van der Waals surface area contributed by atoms with Crippen LogP contribution in [-0.2, 0) is 9.53 Å². The number of carbonyl (C=O) groups excluding carboxylic acids is 1. The highest BCUT2D eigenvalue weighted by Crippen LogP contribution is 2.25. The summed E-state index contributed by atoms with van der Waals surface area (Å²) < 4.78 is 11.4. The Kier molecular flexibility index (Phi) is 5.64. The second kappa shape index (κ2) is 8.31. The summed E-state index contributed by atoms with van der Waals surface area (Å²) >= 11 is 0. The molecule has 124 valence electrons. The van der Waals surface area contributed by atoms with Crippen molar-refractivity contribution in [1.29, 1.82) is 0 Å². The maximum Gasteiger partial charge on any atom is 0.248 e. The summed E-state index contributed by atoms with van der Waals surface area (Å²) in [5.41, 5.74) is 1.65. The quantitative estimate of drug-likeness (QED) is 0.820. The van der Waals surface area contributed by atoms with Gasteiger partial charge in [0.25, 0.3) is 0 Å². The van der Waals surface area contributed by atoms with Crippen molar-refractivity contribution in [3.05, 3.63) is 66.2 Å². The van der Waals surface area contributed by atoms with Crippen LogP contribution in [0.4, 0.5) is 5.69 Å². The molecule has 1 heterocycles. The van der Waals surface area contributed by atoms with Gasteiger partial charge < -0.3 is 14.8 Å². The third-order valence-electron chi connectivity index (χ3n) is 3.82. The molecule has 2 aromatic rings. The molecule has 4 nitrogen and oxygen atoms in total. The van der Waals surface area contributed by atoms with Crippen LogP contribution in [0.5, 0.6) is 5.75 Å². The monoisotopic (exact) mass is 323 g/mol. The number of ether oxygens (including phenoxy) is 2. The van der Waals surface area contributed by atoms with Crippen LogP contribution in [0.3, 0.4) is 0 Å². The Morgan fingerprint density at radius 3 is 2.75 bits per heavy atom. The van der Waals surface area contributed by atoms with E-state index in [2.05, 4.69) is 5.32 Å². The molecule has 0 spiro atoms. The average Bonchev–Trinajstić information content (AvgIpc) is 3.14. The van der Waals surface area contributed by atoms with E-state index in [0.29, 0.717) is 18.0 Å². The Morgan fingerprint density at radius 2 is 1.96 bits per heavy atom. The molecule has 3 rings (SSSR count). The summed E-state index contributed by atoms with van der Waals surface area (Å²) in [6.45, 7) is 1.31. The first-order chi connectivity index (χ1) is 11.8. The molecule has 2 aromatic carbocycles. The minimum absolute atomic E-state index is 0.145. The molecule has 1 amide bonds. The van der Waals surface area contributed by atoms with Gasteiger partial charge >= 0.3 is 0 Å². The number of carbonyl (C=O) groups is 1. The summed E-state index contributed by atoms with van der Waals surface area (Å²) in [7, 11) is 0. The summed E-state index contributed by atoms with van der Waals surface area (Å²) in [6, 6.07) is 17.2. The number of hydrogen-bond donors (Lipinski definition) is 1. The normalized spacial score (nSPS) is 17.1. The number of amides is 1. The van der Waals surface area contributed by atoms with Gasteiger partial charge in [-0.05, 0) is 36.6 Å². The fourth-order valence-electron chi connectivity index (χ4n) is 2.56. The Bertz CT molecular complexity index is 691. The lowest BCUT2D eigenvalue weighted by Crippen LogP contribution is -2.17. The van der Waals surface area contributed by atoms with Crippen LogP contribution in [0.2, 0.25) is 0 Å². The van der Waals surface area contributed by atoms with E-state index in [4.69, 9.17) is 9.47 Å². The van der Waals surface area contributed by atoms with Gasteiger partial charge in [0.15, 0.2) is 0 Å². The molecule has 1 fully saturated rings. The zero-order chi connectivity index (χ0) is 16.6. The zero-order valence-electron chi connectivity index (χ0n) is 13.5. The second-order valence-electron chi connectivity index (χ2n) is 5.68. The molecule has 0 aliphatic carbocycles. The molecule has 0 bridgehead atoms. The van der Waals surface area contributed by atoms with E-state index in [1.54, 1.807) is 6.08 Å². The van der Waals surface area contributed by atoms with Crippen molar-refractivity contribution < 1.29 is 14.3 Å². The lowest BCUT2D eigenvalue weighted by molar-refractivity contribution is -0.111. The fraction of sp³-hybridized carbons (Fsp3) is 0.250. The fourth-order valence-corrected chi connectivity index (χ4v) is 2.56. The third-order valence-corrected chi connectivity index (χ3v) is 3.82. The lowest BCUT2D eigenvalue weighted by atomic mass is 10.2. The van der Waals surface area contributed by atoms with Crippen molar-refractivity contribution in [3.63, 3.8) is 0 Å². The van der Waals surface area contributed by atoms with Gasteiger partial charge in [-0.3, -0.25) is 4.79 Å². The van der Waals surface area contributed by atoms with Gasteiger partial charge in [-0.15, -0.1) is 0 Å². The predicted molar refractivity (Wildman–Crippen MR) is 95.0 cm³/mol. The Balaban J connectivity index is 1.59. The zero-order valence-corrected chi connectivity index (χ0v) is 13.5. The second-order valence-corrected chi connectivity index (χ2v) is 5.68. The number of rotatable bonds is 6. The van der Waals surface area contributed by atoms with Crippen LogP contribution in [0.1, 0.15) is 18.4 Å². The van der Waals surface area contributed by atoms with Gasteiger partial charge in [-0.1, -0.05) is 42.5 Å². The molecule has 1 unspecified atom stereocenters. The Labute approximate surface area is 142 Å². The van der Waals surface area contributed by atoms with Crippen molar-refractivity contribution in [3.8, 4) is 5.75 Å². The molecule has 1 N–H and O–H groups in total. The highest BCUT2D eigenvalue weighted by molar-refractivity contribution is 6.02. The van der Waals surface area contributed by atoms with Crippen LogP contribution >= 0.6 is 0 Å². The SMILES string of the molecule is O=C(/C=C/c1ccccc1)Nc1ccccc1OCC1CCCO1. The molecule has 1 aliphatic heterocycles. The maximum atomic E-state index is 12.1. The summed E-state index contributed by atoms with van der Waals surface area (Å²) in [5, 5.41) is 2.86. The summed E-state index contributed by atoms with van der Waals surface area (Å²) in [4.78, 5) is 12.1. The van der Waals surface area contributed by atoms with E-state index in [9.17, 15) is 4.79 Å². The van der Waals surface area contributed by atoms with Crippen molar-refractivity contribution in [2.45, 2.75) is 18.9 Å². The first-order valence-corrected chi connectivity index (χ1v) is 8.19. The first kappa shape index (κ1) is 16.3. The highest BCUT2D eigenvalue weighted by atomic mass is 16.5. The molecule has 0 radical (unpaired) electrons. The maximum absolute atomic E-state index is 12.1. The molecule has 0 saturated carbocycles. The lowest BCUT2D eigenvalue weighted by Gasteiger charge is -2.14. The van der Waals surface area contributed by atoms with Crippen molar-refractivity contribution in [2.75, 3.05) is 18.5 Å². The smallest absolute Gasteiger partial charge is 0.248 e. The van der Waals surface area contributed by atoms with Gasteiger partial charge in [0.2, 0.25) is 5.91 Å². The van der Waals surface area contributed by atoms with E-state index in [0.717, 1.165) is 25.0 Å². The number of benzene rings is 2. The summed E-state index contributed by atoms with van der Waals surface area (Å²) in [5.74, 6) is 0.474. The Morgan fingerprint density at radius 1 is 1.17 bits per heavy atom. The van der Waals surface area contributed by atoms with Gasteiger partial charge in [-0.2, -0.15) is 0 Å². The number of para-hydroxylation sites is 2. The molecular weight excluding hydrogens is 302 g/mol. The molecule has 1 saturated heterocycles. The van der Waals surface area contributed by atoms with E-state index in [-0.39, 0.29) is 12.0 Å². The molecule has 1 aliphatic rings. The molecule has 0 aromatic heterocycles. The van der Waals surface area contributed by atoms with Crippen LogP contribution in [0.15, 0.2) is 60.7 Å². The number of hydrogen-bond acceptors (Lipinski definition) is 3. The van der Waals surface area contributed by atoms with Crippen molar-refractivity contribution in [1.82, 2.24) is 0 Å². The van der Waals surface area contributed by atoms with Crippen LogP contribution in [0, 0.1) is 0 Å².